The number of nitrogens with zero attached hydrogens (tertiary/aromatic N) is 1. The van der Waals surface area contributed by atoms with Crippen molar-refractivity contribution in [1.29, 1.82) is 0 Å². The van der Waals surface area contributed by atoms with Crippen molar-refractivity contribution >= 4 is 17.6 Å². The number of benzene rings is 2. The number of nitrogens with one attached hydrogen (secondary N) is 2. The van der Waals surface area contributed by atoms with E-state index in [9.17, 15) is 14.0 Å². The van der Waals surface area contributed by atoms with E-state index in [1.165, 1.54) is 19.2 Å². The zero-order valence-corrected chi connectivity index (χ0v) is 16.9. The van der Waals surface area contributed by atoms with Crippen LogP contribution < -0.4 is 15.4 Å². The summed E-state index contributed by atoms with van der Waals surface area (Å²) in [6, 6.07) is 9.03. The number of aryl methyl sites for hydroxylation is 1. The summed E-state index contributed by atoms with van der Waals surface area (Å²) in [5, 5.41) is 5.56. The Morgan fingerprint density at radius 1 is 1.17 bits per heavy atom. The number of likely N-dealkylation sites (tertiary alicyclic amines) is 1. The lowest BCUT2D eigenvalue weighted by atomic mass is 10.0. The number of hydrogen-bond donors (Lipinski definition) is 2. The zero-order chi connectivity index (χ0) is 21.0. The normalized spacial score (nSPS) is 14.4. The first-order chi connectivity index (χ1) is 13.9. The molecule has 154 valence electrons. The molecule has 1 heterocycles. The topological polar surface area (TPSA) is 70.7 Å². The third kappa shape index (κ3) is 4.67. The Bertz CT molecular complexity index is 910. The van der Waals surface area contributed by atoms with Crippen LogP contribution in [0.4, 0.5) is 14.9 Å². The third-order valence-corrected chi connectivity index (χ3v) is 5.15. The Morgan fingerprint density at radius 3 is 2.55 bits per heavy atom. The van der Waals surface area contributed by atoms with Crippen LogP contribution in [-0.2, 0) is 0 Å². The lowest BCUT2D eigenvalue weighted by Gasteiger charge is -2.21. The number of anilines is 1. The van der Waals surface area contributed by atoms with Crippen molar-refractivity contribution in [3.63, 3.8) is 0 Å². The molecule has 29 heavy (non-hydrogen) atoms. The van der Waals surface area contributed by atoms with E-state index in [1.54, 1.807) is 25.1 Å². The van der Waals surface area contributed by atoms with Crippen LogP contribution in [0.5, 0.6) is 5.75 Å². The predicted octanol–water partition coefficient (Wildman–Crippen LogP) is 4.26. The maximum Gasteiger partial charge on any atom is 0.319 e. The van der Waals surface area contributed by atoms with Gasteiger partial charge in [0.1, 0.15) is 0 Å². The molecule has 0 spiro atoms. The number of carbonyl (C=O) groups excluding carboxylic acids is 2. The van der Waals surface area contributed by atoms with Gasteiger partial charge in [0.15, 0.2) is 11.6 Å². The highest BCUT2D eigenvalue weighted by atomic mass is 19.1. The van der Waals surface area contributed by atoms with Gasteiger partial charge in [-0.2, -0.15) is 0 Å². The van der Waals surface area contributed by atoms with E-state index in [1.807, 2.05) is 17.9 Å². The van der Waals surface area contributed by atoms with Crippen LogP contribution in [0.1, 0.15) is 47.3 Å². The summed E-state index contributed by atoms with van der Waals surface area (Å²) in [6.07, 6.45) is 1.99. The number of halogens is 1. The van der Waals surface area contributed by atoms with Gasteiger partial charge in [0.2, 0.25) is 0 Å². The van der Waals surface area contributed by atoms with Crippen molar-refractivity contribution in [3.8, 4) is 5.75 Å². The summed E-state index contributed by atoms with van der Waals surface area (Å²) in [5.41, 5.74) is 2.39. The van der Waals surface area contributed by atoms with E-state index in [0.29, 0.717) is 16.8 Å². The standard InChI is InChI=1S/C22H26FN3O3/c1-14-7-6-8-18(20(14)21(27)26-11-4-5-12-26)25-22(28)24-15(2)16-9-10-19(29-3)17(23)13-16/h6-10,13,15H,4-5,11-12H2,1-3H3,(H2,24,25,28). The summed E-state index contributed by atoms with van der Waals surface area (Å²) in [7, 11) is 1.40. The monoisotopic (exact) mass is 399 g/mol. The van der Waals surface area contributed by atoms with Gasteiger partial charge in [-0.05, 0) is 56.0 Å². The Labute approximate surface area is 170 Å². The van der Waals surface area contributed by atoms with Crippen molar-refractivity contribution < 1.29 is 18.7 Å². The number of hydrogen-bond acceptors (Lipinski definition) is 3. The predicted molar refractivity (Wildman–Crippen MR) is 110 cm³/mol. The zero-order valence-electron chi connectivity index (χ0n) is 16.9. The Balaban J connectivity index is 1.73. The fraction of sp³-hybridized carbons (Fsp3) is 0.364. The molecule has 3 amide bonds. The number of ether oxygens (including phenoxy) is 1. The van der Waals surface area contributed by atoms with Gasteiger partial charge in [0.05, 0.1) is 24.4 Å². The minimum atomic E-state index is -0.490. The van der Waals surface area contributed by atoms with E-state index in [0.717, 1.165) is 31.5 Å². The van der Waals surface area contributed by atoms with Crippen molar-refractivity contribution in [2.45, 2.75) is 32.7 Å². The summed E-state index contributed by atoms with van der Waals surface area (Å²) in [6.45, 7) is 5.08. The SMILES string of the molecule is COc1ccc(C(C)NC(=O)Nc2cccc(C)c2C(=O)N2CCCC2)cc1F. The largest absolute Gasteiger partial charge is 0.494 e. The molecule has 1 saturated heterocycles. The molecule has 7 heteroatoms. The first-order valence-corrected chi connectivity index (χ1v) is 9.70. The minimum absolute atomic E-state index is 0.0684. The van der Waals surface area contributed by atoms with Crippen LogP contribution in [-0.4, -0.2) is 37.0 Å². The second-order valence-corrected chi connectivity index (χ2v) is 7.21. The van der Waals surface area contributed by atoms with E-state index in [4.69, 9.17) is 4.74 Å². The van der Waals surface area contributed by atoms with Gasteiger partial charge in [-0.25, -0.2) is 9.18 Å². The second-order valence-electron chi connectivity index (χ2n) is 7.21. The lowest BCUT2D eigenvalue weighted by molar-refractivity contribution is 0.0793. The molecule has 0 aliphatic carbocycles. The van der Waals surface area contributed by atoms with E-state index < -0.39 is 17.9 Å². The number of amides is 3. The quantitative estimate of drug-likeness (QED) is 0.789. The van der Waals surface area contributed by atoms with Crippen molar-refractivity contribution in [2.24, 2.45) is 0 Å². The molecule has 1 fully saturated rings. The highest BCUT2D eigenvalue weighted by Crippen LogP contribution is 2.25. The summed E-state index contributed by atoms with van der Waals surface area (Å²) in [5.74, 6) is -0.410. The molecule has 0 radical (unpaired) electrons. The van der Waals surface area contributed by atoms with E-state index in [-0.39, 0.29) is 11.7 Å². The number of rotatable bonds is 5. The van der Waals surface area contributed by atoms with Crippen LogP contribution in [0.3, 0.4) is 0 Å². The first kappa shape index (κ1) is 20.6. The van der Waals surface area contributed by atoms with Gasteiger partial charge in [-0.15, -0.1) is 0 Å². The summed E-state index contributed by atoms with van der Waals surface area (Å²) in [4.78, 5) is 27.3. The fourth-order valence-electron chi connectivity index (χ4n) is 3.52. The van der Waals surface area contributed by atoms with Crippen LogP contribution in [0.25, 0.3) is 0 Å². The maximum atomic E-state index is 13.9. The average Bonchev–Trinajstić information content (AvgIpc) is 3.22. The lowest BCUT2D eigenvalue weighted by Crippen LogP contribution is -2.33. The molecule has 2 aromatic rings. The average molecular weight is 399 g/mol. The van der Waals surface area contributed by atoms with Gasteiger partial charge in [0, 0.05) is 13.1 Å². The van der Waals surface area contributed by atoms with Crippen molar-refractivity contribution in [1.82, 2.24) is 10.2 Å². The Morgan fingerprint density at radius 2 is 1.90 bits per heavy atom. The molecule has 0 bridgehead atoms. The van der Waals surface area contributed by atoms with Crippen LogP contribution in [0.15, 0.2) is 36.4 Å². The second kappa shape index (κ2) is 8.94. The first-order valence-electron chi connectivity index (χ1n) is 9.70. The Hall–Kier alpha value is -3.09. The molecule has 0 aromatic heterocycles. The molecule has 1 unspecified atom stereocenters. The van der Waals surface area contributed by atoms with E-state index in [2.05, 4.69) is 10.6 Å². The number of carbonyl (C=O) groups is 2. The van der Waals surface area contributed by atoms with Gasteiger partial charge < -0.3 is 20.3 Å². The smallest absolute Gasteiger partial charge is 0.319 e. The van der Waals surface area contributed by atoms with Gasteiger partial charge in [-0.3, -0.25) is 4.79 Å². The van der Waals surface area contributed by atoms with Crippen LogP contribution in [0, 0.1) is 12.7 Å². The van der Waals surface area contributed by atoms with Crippen molar-refractivity contribution in [3.05, 3.63) is 58.9 Å². The number of methoxy groups -OCH3 is 1. The fourth-order valence-corrected chi connectivity index (χ4v) is 3.52. The van der Waals surface area contributed by atoms with Crippen LogP contribution in [0.2, 0.25) is 0 Å². The molecular formula is C22H26FN3O3. The number of urea groups is 1. The highest BCUT2D eigenvalue weighted by Gasteiger charge is 2.24. The molecule has 1 aliphatic heterocycles. The molecular weight excluding hydrogens is 373 g/mol. The van der Waals surface area contributed by atoms with Gasteiger partial charge >= 0.3 is 6.03 Å². The molecule has 6 nitrogen and oxygen atoms in total. The molecule has 0 saturated carbocycles. The summed E-state index contributed by atoms with van der Waals surface area (Å²) < 4.78 is 18.9. The minimum Gasteiger partial charge on any atom is -0.494 e. The van der Waals surface area contributed by atoms with Crippen molar-refractivity contribution in [2.75, 3.05) is 25.5 Å². The maximum absolute atomic E-state index is 13.9. The summed E-state index contributed by atoms with van der Waals surface area (Å²) >= 11 is 0. The van der Waals surface area contributed by atoms with Gasteiger partial charge in [-0.1, -0.05) is 18.2 Å². The molecule has 1 atom stereocenters. The third-order valence-electron chi connectivity index (χ3n) is 5.15. The van der Waals surface area contributed by atoms with Gasteiger partial charge in [0.25, 0.3) is 5.91 Å². The molecule has 1 aliphatic rings. The highest BCUT2D eigenvalue weighted by molar-refractivity contribution is 6.04. The molecule has 2 aromatic carbocycles. The molecule has 2 N–H and O–H groups in total. The van der Waals surface area contributed by atoms with Crippen LogP contribution >= 0.6 is 0 Å². The van der Waals surface area contributed by atoms with E-state index >= 15 is 0 Å². The Kier molecular flexibility index (Phi) is 6.36. The molecule has 3 rings (SSSR count).